The van der Waals surface area contributed by atoms with E-state index in [-0.39, 0.29) is 5.56 Å². The lowest BCUT2D eigenvalue weighted by molar-refractivity contribution is -0.147. The molecule has 86 valence electrons. The van der Waals surface area contributed by atoms with Gasteiger partial charge in [-0.25, -0.2) is 4.79 Å². The third kappa shape index (κ3) is 1.75. The van der Waals surface area contributed by atoms with Crippen LogP contribution in [-0.2, 0) is 22.7 Å². The Morgan fingerprint density at radius 1 is 1.44 bits per heavy atom. The third-order valence-corrected chi connectivity index (χ3v) is 2.60. The van der Waals surface area contributed by atoms with Gasteiger partial charge in [0.1, 0.15) is 5.75 Å². The number of methoxy groups -OCH3 is 1. The van der Waals surface area contributed by atoms with Gasteiger partial charge in [0.25, 0.3) is 0 Å². The van der Waals surface area contributed by atoms with E-state index in [1.165, 1.54) is 7.11 Å². The Hall–Kier alpha value is -1.59. The quantitative estimate of drug-likeness (QED) is 0.795. The van der Waals surface area contributed by atoms with Crippen LogP contribution in [0, 0.1) is 0 Å². The zero-order valence-corrected chi connectivity index (χ0v) is 8.77. The summed E-state index contributed by atoms with van der Waals surface area (Å²) < 4.78 is 10.3. The first-order valence-corrected chi connectivity index (χ1v) is 4.81. The molecule has 1 aliphatic heterocycles. The van der Waals surface area contributed by atoms with Crippen LogP contribution in [0.2, 0.25) is 0 Å². The van der Waals surface area contributed by atoms with Gasteiger partial charge in [-0.05, 0) is 23.3 Å². The van der Waals surface area contributed by atoms with Gasteiger partial charge in [0, 0.05) is 5.56 Å². The number of fused-ring (bicyclic) bond motifs is 1. The predicted molar refractivity (Wildman–Crippen MR) is 54.1 cm³/mol. The summed E-state index contributed by atoms with van der Waals surface area (Å²) in [4.78, 5) is 10.7. The SMILES string of the molecule is COc1cc2c(cc1C(O)C(=O)O)COC2. The zero-order chi connectivity index (χ0) is 11.7. The fraction of sp³-hybridized carbons (Fsp3) is 0.364. The Bertz CT molecular complexity index is 427. The average Bonchev–Trinajstić information content (AvgIpc) is 2.72. The first-order chi connectivity index (χ1) is 7.63. The number of aliphatic hydroxyl groups is 1. The van der Waals surface area contributed by atoms with Gasteiger partial charge < -0.3 is 19.7 Å². The van der Waals surface area contributed by atoms with Crippen LogP contribution in [0.1, 0.15) is 22.8 Å². The number of carboxylic acids is 1. The molecule has 0 fully saturated rings. The molecule has 1 aliphatic rings. The molecule has 0 amide bonds. The van der Waals surface area contributed by atoms with Crippen LogP contribution < -0.4 is 4.74 Å². The number of hydrogen-bond donors (Lipinski definition) is 2. The van der Waals surface area contributed by atoms with Crippen LogP contribution in [0.25, 0.3) is 0 Å². The van der Waals surface area contributed by atoms with Gasteiger partial charge in [0.2, 0.25) is 0 Å². The molecule has 1 aromatic rings. The normalized spacial score (nSPS) is 15.6. The minimum absolute atomic E-state index is 0.263. The van der Waals surface area contributed by atoms with Crippen molar-refractivity contribution in [3.63, 3.8) is 0 Å². The van der Waals surface area contributed by atoms with Crippen molar-refractivity contribution in [3.8, 4) is 5.75 Å². The highest BCUT2D eigenvalue weighted by molar-refractivity contribution is 5.75. The fourth-order valence-electron chi connectivity index (χ4n) is 1.75. The molecule has 0 spiro atoms. The van der Waals surface area contributed by atoms with E-state index in [9.17, 15) is 9.90 Å². The molecule has 1 heterocycles. The van der Waals surface area contributed by atoms with E-state index >= 15 is 0 Å². The molecular weight excluding hydrogens is 212 g/mol. The van der Waals surface area contributed by atoms with Crippen molar-refractivity contribution in [3.05, 3.63) is 28.8 Å². The molecule has 0 aliphatic carbocycles. The van der Waals surface area contributed by atoms with Crippen molar-refractivity contribution in [2.45, 2.75) is 19.3 Å². The van der Waals surface area contributed by atoms with E-state index in [1.54, 1.807) is 12.1 Å². The number of aliphatic hydroxyl groups excluding tert-OH is 1. The van der Waals surface area contributed by atoms with Crippen molar-refractivity contribution < 1.29 is 24.5 Å². The maximum atomic E-state index is 10.7. The van der Waals surface area contributed by atoms with Crippen molar-refractivity contribution >= 4 is 5.97 Å². The number of carboxylic acid groups (broad SMARTS) is 1. The maximum Gasteiger partial charge on any atom is 0.337 e. The van der Waals surface area contributed by atoms with Crippen LogP contribution in [0.4, 0.5) is 0 Å². The highest BCUT2D eigenvalue weighted by Crippen LogP contribution is 2.32. The van der Waals surface area contributed by atoms with Crippen LogP contribution in [0.15, 0.2) is 12.1 Å². The number of hydrogen-bond acceptors (Lipinski definition) is 4. The van der Waals surface area contributed by atoms with Crippen molar-refractivity contribution in [1.82, 2.24) is 0 Å². The molecule has 5 nitrogen and oxygen atoms in total. The molecule has 16 heavy (non-hydrogen) atoms. The lowest BCUT2D eigenvalue weighted by atomic mass is 10.0. The van der Waals surface area contributed by atoms with E-state index in [1.807, 2.05) is 0 Å². The van der Waals surface area contributed by atoms with Gasteiger partial charge in [0.05, 0.1) is 20.3 Å². The molecule has 0 radical (unpaired) electrons. The first kappa shape index (κ1) is 10.9. The standard InChI is InChI=1S/C11H12O5/c1-15-9-3-7-5-16-4-6(7)2-8(9)10(12)11(13)14/h2-3,10,12H,4-5H2,1H3,(H,13,14). The average molecular weight is 224 g/mol. The summed E-state index contributed by atoms with van der Waals surface area (Å²) in [5.41, 5.74) is 2.13. The fourth-order valence-corrected chi connectivity index (χ4v) is 1.75. The molecule has 2 N–H and O–H groups in total. The molecular formula is C11H12O5. The van der Waals surface area contributed by atoms with E-state index in [0.29, 0.717) is 19.0 Å². The molecule has 5 heteroatoms. The summed E-state index contributed by atoms with van der Waals surface area (Å²) in [5, 5.41) is 18.3. The Labute approximate surface area is 92.2 Å². The molecule has 0 aromatic heterocycles. The van der Waals surface area contributed by atoms with Gasteiger partial charge in [0.15, 0.2) is 6.10 Å². The number of ether oxygens (including phenoxy) is 2. The first-order valence-electron chi connectivity index (χ1n) is 4.81. The van der Waals surface area contributed by atoms with Crippen molar-refractivity contribution in [2.75, 3.05) is 7.11 Å². The summed E-state index contributed by atoms with van der Waals surface area (Å²) in [6.07, 6.45) is -1.57. The molecule has 0 bridgehead atoms. The molecule has 0 saturated heterocycles. The second kappa shape index (κ2) is 4.11. The Kier molecular flexibility index (Phi) is 2.80. The summed E-state index contributed by atoms with van der Waals surface area (Å²) in [6.45, 7) is 0.938. The third-order valence-electron chi connectivity index (χ3n) is 2.60. The largest absolute Gasteiger partial charge is 0.496 e. The molecule has 2 rings (SSSR count). The lowest BCUT2D eigenvalue weighted by Gasteiger charge is -2.13. The van der Waals surface area contributed by atoms with Gasteiger partial charge in [-0.3, -0.25) is 0 Å². The van der Waals surface area contributed by atoms with Crippen LogP contribution in [-0.4, -0.2) is 23.3 Å². The van der Waals surface area contributed by atoms with Crippen molar-refractivity contribution in [2.24, 2.45) is 0 Å². The second-order valence-corrected chi connectivity index (χ2v) is 3.60. The molecule has 1 aromatic carbocycles. The zero-order valence-electron chi connectivity index (χ0n) is 8.77. The maximum absolute atomic E-state index is 10.7. The Balaban J connectivity index is 2.47. The minimum atomic E-state index is -1.57. The van der Waals surface area contributed by atoms with E-state index in [4.69, 9.17) is 14.6 Å². The molecule has 1 atom stereocenters. The predicted octanol–water partition coefficient (Wildman–Crippen LogP) is 0.843. The Morgan fingerprint density at radius 3 is 2.62 bits per heavy atom. The second-order valence-electron chi connectivity index (χ2n) is 3.60. The smallest absolute Gasteiger partial charge is 0.337 e. The van der Waals surface area contributed by atoms with E-state index in [0.717, 1.165) is 11.1 Å². The topological polar surface area (TPSA) is 76.0 Å². The van der Waals surface area contributed by atoms with E-state index in [2.05, 4.69) is 0 Å². The molecule has 1 unspecified atom stereocenters. The summed E-state index contributed by atoms with van der Waals surface area (Å²) in [7, 11) is 1.44. The number of carbonyl (C=O) groups is 1. The molecule has 0 saturated carbocycles. The Morgan fingerprint density at radius 2 is 2.06 bits per heavy atom. The summed E-state index contributed by atoms with van der Waals surface area (Å²) in [6, 6.07) is 3.34. The summed E-state index contributed by atoms with van der Waals surface area (Å²) in [5.74, 6) is -0.920. The van der Waals surface area contributed by atoms with Gasteiger partial charge >= 0.3 is 5.97 Å². The monoisotopic (exact) mass is 224 g/mol. The van der Waals surface area contributed by atoms with Crippen LogP contribution in [0.3, 0.4) is 0 Å². The van der Waals surface area contributed by atoms with Gasteiger partial charge in [-0.2, -0.15) is 0 Å². The number of aliphatic carboxylic acids is 1. The lowest BCUT2D eigenvalue weighted by Crippen LogP contribution is -2.12. The van der Waals surface area contributed by atoms with Crippen molar-refractivity contribution in [1.29, 1.82) is 0 Å². The summed E-state index contributed by atoms with van der Waals surface area (Å²) >= 11 is 0. The highest BCUT2D eigenvalue weighted by Gasteiger charge is 2.24. The van der Waals surface area contributed by atoms with Gasteiger partial charge in [-0.15, -0.1) is 0 Å². The van der Waals surface area contributed by atoms with E-state index < -0.39 is 12.1 Å². The number of benzene rings is 1. The van der Waals surface area contributed by atoms with Gasteiger partial charge in [-0.1, -0.05) is 0 Å². The number of rotatable bonds is 3. The van der Waals surface area contributed by atoms with Crippen LogP contribution in [0.5, 0.6) is 5.75 Å². The van der Waals surface area contributed by atoms with Crippen LogP contribution >= 0.6 is 0 Å². The highest BCUT2D eigenvalue weighted by atomic mass is 16.5. The minimum Gasteiger partial charge on any atom is -0.496 e.